The van der Waals surface area contributed by atoms with Crippen LogP contribution in [0.15, 0.2) is 0 Å². The Balaban J connectivity index is 1.75. The summed E-state index contributed by atoms with van der Waals surface area (Å²) < 4.78 is 37.6. The van der Waals surface area contributed by atoms with Gasteiger partial charge in [0.15, 0.2) is 11.9 Å². The summed E-state index contributed by atoms with van der Waals surface area (Å²) in [4.78, 5) is 11.7. The van der Waals surface area contributed by atoms with E-state index in [1.807, 2.05) is 13.8 Å². The van der Waals surface area contributed by atoms with E-state index in [0.29, 0.717) is 5.92 Å². The Morgan fingerprint density at radius 2 is 1.88 bits per heavy atom. The van der Waals surface area contributed by atoms with Crippen LogP contribution in [0.2, 0.25) is 0 Å². The molecule has 0 radical (unpaired) electrons. The summed E-state index contributed by atoms with van der Waals surface area (Å²) in [7, 11) is -3.87. The lowest BCUT2D eigenvalue weighted by Crippen LogP contribution is -2.72. The summed E-state index contributed by atoms with van der Waals surface area (Å²) >= 11 is 0. The van der Waals surface area contributed by atoms with Crippen molar-refractivity contribution < 1.29 is 27.7 Å². The van der Waals surface area contributed by atoms with Gasteiger partial charge in [-0.1, -0.05) is 13.8 Å². The Kier molecular flexibility index (Phi) is 3.82. The van der Waals surface area contributed by atoms with Crippen LogP contribution >= 0.6 is 0 Å². The molecule has 1 spiro atoms. The van der Waals surface area contributed by atoms with Gasteiger partial charge in [0.25, 0.3) is 10.2 Å². The lowest BCUT2D eigenvalue weighted by atomic mass is 9.58. The van der Waals surface area contributed by atoms with E-state index >= 15 is 0 Å². The van der Waals surface area contributed by atoms with Crippen LogP contribution in [0.1, 0.15) is 46.5 Å². The third-order valence-electron chi connectivity index (χ3n) is 6.44. The molecule has 0 aromatic heterocycles. The van der Waals surface area contributed by atoms with Gasteiger partial charge in [-0.2, -0.15) is 13.1 Å². The number of hydrogen-bond acceptors (Lipinski definition) is 6. The molecular formula is C15H26N2O6S. The van der Waals surface area contributed by atoms with Crippen LogP contribution in [-0.2, 0) is 29.5 Å². The fourth-order valence-electron chi connectivity index (χ4n) is 5.20. The molecule has 4 saturated heterocycles. The van der Waals surface area contributed by atoms with Gasteiger partial charge in [0.2, 0.25) is 5.79 Å². The zero-order chi connectivity index (χ0) is 17.3. The van der Waals surface area contributed by atoms with Crippen molar-refractivity contribution in [2.24, 2.45) is 28.8 Å². The number of fused-ring (bicyclic) bond motifs is 2. The molecule has 3 N–H and O–H groups in total. The molecule has 5 fully saturated rings. The van der Waals surface area contributed by atoms with Crippen molar-refractivity contribution in [3.05, 3.63) is 0 Å². The number of ether oxygens (including phenoxy) is 2. The second-order valence-corrected chi connectivity index (χ2v) is 9.31. The largest absolute Gasteiger partial charge is 0.330 e. The van der Waals surface area contributed by atoms with Crippen LogP contribution < -0.4 is 9.86 Å². The van der Waals surface area contributed by atoms with Crippen LogP contribution in [0.4, 0.5) is 0 Å². The zero-order valence-electron chi connectivity index (χ0n) is 14.2. The molecule has 0 amide bonds. The highest BCUT2D eigenvalue weighted by molar-refractivity contribution is 7.87. The Hall–Kier alpha value is -0.290. The van der Waals surface area contributed by atoms with Gasteiger partial charge < -0.3 is 9.47 Å². The Labute approximate surface area is 142 Å². The van der Waals surface area contributed by atoms with E-state index in [4.69, 9.17) is 24.4 Å². The molecule has 1 aliphatic carbocycles. The molecule has 1 saturated carbocycles. The summed E-state index contributed by atoms with van der Waals surface area (Å²) in [6.45, 7) is 6.03. The third kappa shape index (κ3) is 2.45. The second-order valence-electron chi connectivity index (χ2n) is 7.99. The monoisotopic (exact) mass is 362 g/mol. The van der Waals surface area contributed by atoms with Crippen molar-refractivity contribution in [3.63, 3.8) is 0 Å². The minimum absolute atomic E-state index is 0.0688. The summed E-state index contributed by atoms with van der Waals surface area (Å²) in [6.07, 6.45) is 2.22. The molecule has 4 aliphatic heterocycles. The predicted octanol–water partition coefficient (Wildman–Crippen LogP) is 0.988. The maximum atomic E-state index is 11.5. The number of nitrogens with one attached hydrogen (secondary N) is 1. The number of hydrogen-bond donors (Lipinski definition) is 2. The molecular weight excluding hydrogens is 336 g/mol. The van der Waals surface area contributed by atoms with Crippen LogP contribution in [-0.4, -0.2) is 32.3 Å². The van der Waals surface area contributed by atoms with Crippen LogP contribution in [0, 0.1) is 23.7 Å². The highest BCUT2D eigenvalue weighted by Crippen LogP contribution is 2.60. The molecule has 138 valence electrons. The van der Waals surface area contributed by atoms with Gasteiger partial charge in [-0.3, -0.25) is 0 Å². The first kappa shape index (κ1) is 17.1. The maximum absolute atomic E-state index is 11.5. The molecule has 5 rings (SSSR count). The maximum Gasteiger partial charge on any atom is 0.276 e. The topological polar surface area (TPSA) is 109 Å². The fraction of sp³-hybridized carbons (Fsp3) is 1.00. The van der Waals surface area contributed by atoms with E-state index in [2.05, 4.69) is 11.6 Å². The number of rotatable bonds is 2. The Bertz CT molecular complexity index is 629. The molecule has 0 aromatic rings. The van der Waals surface area contributed by atoms with E-state index in [-0.39, 0.29) is 17.8 Å². The highest BCUT2D eigenvalue weighted by atomic mass is 32.2. The smallest absolute Gasteiger partial charge is 0.276 e. The minimum atomic E-state index is -3.87. The fourth-order valence-corrected chi connectivity index (χ4v) is 5.80. The third-order valence-corrected chi connectivity index (χ3v) is 7.00. The first-order valence-electron chi connectivity index (χ1n) is 8.65. The van der Waals surface area contributed by atoms with Crippen molar-refractivity contribution in [1.29, 1.82) is 0 Å². The Morgan fingerprint density at radius 3 is 2.58 bits per heavy atom. The lowest BCUT2D eigenvalue weighted by molar-refractivity contribution is -0.571. The van der Waals surface area contributed by atoms with Crippen molar-refractivity contribution in [3.8, 4) is 0 Å². The zero-order valence-corrected chi connectivity index (χ0v) is 15.0. The van der Waals surface area contributed by atoms with Gasteiger partial charge in [-0.25, -0.2) is 14.9 Å². The van der Waals surface area contributed by atoms with Gasteiger partial charge in [-0.05, 0) is 38.0 Å². The van der Waals surface area contributed by atoms with Crippen LogP contribution in [0.5, 0.6) is 0 Å². The molecule has 9 heteroatoms. The van der Waals surface area contributed by atoms with E-state index in [0.717, 1.165) is 25.7 Å². The first-order valence-corrected chi connectivity index (χ1v) is 10.2. The van der Waals surface area contributed by atoms with Gasteiger partial charge in [-0.15, -0.1) is 0 Å². The molecule has 24 heavy (non-hydrogen) atoms. The lowest BCUT2D eigenvalue weighted by Gasteiger charge is -2.60. The van der Waals surface area contributed by atoms with Crippen molar-refractivity contribution in [2.45, 2.75) is 70.4 Å². The standard InChI is InChI=1S/C15H26N2O6S/c1-8-4-5-11-9(2)12(17-24(16,18)19)20-13-15(11)10(8)6-7-14(3,21-13)22-23-15/h8-13,17H,4-7H2,1-3H3,(H2,16,18,19)/t8?,9-,10?,11?,12-,13?,14+,15?/m1/s1. The van der Waals surface area contributed by atoms with Crippen LogP contribution in [0.3, 0.4) is 0 Å². The molecule has 2 bridgehead atoms. The quantitative estimate of drug-likeness (QED) is 0.709. The second kappa shape index (κ2) is 5.35. The summed E-state index contributed by atoms with van der Waals surface area (Å²) in [5.74, 6) is -0.188. The summed E-state index contributed by atoms with van der Waals surface area (Å²) in [6, 6.07) is 0. The molecule has 5 unspecified atom stereocenters. The first-order chi connectivity index (χ1) is 11.1. The SMILES string of the molecule is CC1CCC2[C@@H](C)[C@H](NS(N)(=O)=O)OC3O[C@]4(C)CCC1C32OO4. The average molecular weight is 362 g/mol. The van der Waals surface area contributed by atoms with Crippen molar-refractivity contribution in [1.82, 2.24) is 4.72 Å². The molecule has 8 atom stereocenters. The summed E-state index contributed by atoms with van der Waals surface area (Å²) in [5.41, 5.74) is -0.691. The molecule has 4 heterocycles. The molecule has 0 aromatic carbocycles. The average Bonchev–Trinajstić information content (AvgIpc) is 2.69. The van der Waals surface area contributed by atoms with Gasteiger partial charge in [0.05, 0.1) is 0 Å². The van der Waals surface area contributed by atoms with E-state index in [9.17, 15) is 8.42 Å². The van der Waals surface area contributed by atoms with Gasteiger partial charge in [0.1, 0.15) is 6.23 Å². The highest BCUT2D eigenvalue weighted by Gasteiger charge is 2.69. The minimum Gasteiger partial charge on any atom is -0.330 e. The summed E-state index contributed by atoms with van der Waals surface area (Å²) in [5, 5.41) is 5.16. The van der Waals surface area contributed by atoms with E-state index in [1.54, 1.807) is 0 Å². The van der Waals surface area contributed by atoms with Crippen LogP contribution in [0.25, 0.3) is 0 Å². The normalized spacial score (nSPS) is 54.2. The van der Waals surface area contributed by atoms with Crippen molar-refractivity contribution in [2.75, 3.05) is 0 Å². The molecule has 5 aliphatic rings. The Morgan fingerprint density at radius 1 is 1.12 bits per heavy atom. The number of nitrogens with two attached hydrogens (primary N) is 1. The predicted molar refractivity (Wildman–Crippen MR) is 83.1 cm³/mol. The molecule has 8 nitrogen and oxygen atoms in total. The van der Waals surface area contributed by atoms with Crippen molar-refractivity contribution >= 4 is 10.2 Å². The van der Waals surface area contributed by atoms with Gasteiger partial charge in [0, 0.05) is 18.3 Å². The van der Waals surface area contributed by atoms with Gasteiger partial charge >= 0.3 is 0 Å². The van der Waals surface area contributed by atoms with E-state index < -0.39 is 34.1 Å². The van der Waals surface area contributed by atoms with E-state index in [1.165, 1.54) is 0 Å².